The van der Waals surface area contributed by atoms with E-state index in [9.17, 15) is 4.79 Å². The minimum absolute atomic E-state index is 0.00676. The van der Waals surface area contributed by atoms with Crippen LogP contribution >= 0.6 is 27.5 Å². The molecule has 1 unspecified atom stereocenters. The lowest BCUT2D eigenvalue weighted by Crippen LogP contribution is -2.37. The molecule has 1 aliphatic carbocycles. The lowest BCUT2D eigenvalue weighted by Gasteiger charge is -2.29. The average molecular weight is 408 g/mol. The van der Waals surface area contributed by atoms with Crippen molar-refractivity contribution in [2.75, 3.05) is 11.9 Å². The number of carbonyl (C=O) groups excluding carboxylic acids is 1. The van der Waals surface area contributed by atoms with Gasteiger partial charge in [-0.1, -0.05) is 41.9 Å². The molecule has 0 radical (unpaired) electrons. The summed E-state index contributed by atoms with van der Waals surface area (Å²) in [7, 11) is 0. The number of nitrogens with one attached hydrogen (secondary N) is 1. The topological polar surface area (TPSA) is 32.3 Å². The third kappa shape index (κ3) is 4.18. The number of benzene rings is 2. The van der Waals surface area contributed by atoms with Crippen LogP contribution < -0.4 is 5.32 Å². The number of halogens is 2. The molecule has 5 heteroatoms. The Morgan fingerprint density at radius 1 is 1.25 bits per heavy atom. The molecule has 1 fully saturated rings. The summed E-state index contributed by atoms with van der Waals surface area (Å²) >= 11 is 9.80. The van der Waals surface area contributed by atoms with E-state index in [1.54, 1.807) is 0 Å². The van der Waals surface area contributed by atoms with Crippen molar-refractivity contribution in [2.45, 2.75) is 31.8 Å². The molecule has 3 nitrogen and oxygen atoms in total. The minimum Gasteiger partial charge on any atom is -0.324 e. The highest BCUT2D eigenvalue weighted by molar-refractivity contribution is 9.10. The maximum Gasteiger partial charge on any atom is 0.238 e. The first-order valence-electron chi connectivity index (χ1n) is 8.11. The molecule has 1 amide bonds. The van der Waals surface area contributed by atoms with E-state index in [1.807, 2.05) is 48.5 Å². The van der Waals surface area contributed by atoms with Gasteiger partial charge in [-0.05, 0) is 59.5 Å². The Morgan fingerprint density at radius 3 is 2.58 bits per heavy atom. The van der Waals surface area contributed by atoms with Crippen molar-refractivity contribution in [1.29, 1.82) is 0 Å². The van der Waals surface area contributed by atoms with E-state index in [4.69, 9.17) is 11.6 Å². The highest BCUT2D eigenvalue weighted by Gasteiger charge is 2.34. The molecule has 126 valence electrons. The number of hydrogen-bond donors (Lipinski definition) is 1. The van der Waals surface area contributed by atoms with Gasteiger partial charge in [0.15, 0.2) is 0 Å². The van der Waals surface area contributed by atoms with Gasteiger partial charge in [0.2, 0.25) is 5.91 Å². The van der Waals surface area contributed by atoms with E-state index in [0.29, 0.717) is 12.6 Å². The van der Waals surface area contributed by atoms with Gasteiger partial charge in [0, 0.05) is 21.6 Å². The van der Waals surface area contributed by atoms with E-state index in [1.165, 1.54) is 0 Å². The Kier molecular flexibility index (Phi) is 5.59. The van der Waals surface area contributed by atoms with Crippen molar-refractivity contribution < 1.29 is 4.79 Å². The minimum atomic E-state index is -0.00676. The molecule has 3 rings (SSSR count). The number of amides is 1. The van der Waals surface area contributed by atoms with E-state index in [2.05, 4.69) is 33.1 Å². The molecule has 0 saturated heterocycles. The monoisotopic (exact) mass is 406 g/mol. The van der Waals surface area contributed by atoms with Crippen LogP contribution in [0.3, 0.4) is 0 Å². The van der Waals surface area contributed by atoms with Crippen molar-refractivity contribution in [3.05, 3.63) is 63.6 Å². The Balaban J connectivity index is 1.71. The fraction of sp³-hybridized carbons (Fsp3) is 0.316. The average Bonchev–Trinajstić information content (AvgIpc) is 3.39. The van der Waals surface area contributed by atoms with Crippen LogP contribution in [0.2, 0.25) is 5.02 Å². The van der Waals surface area contributed by atoms with Gasteiger partial charge in [0.05, 0.1) is 12.2 Å². The molecule has 1 atom stereocenters. The third-order valence-electron chi connectivity index (χ3n) is 4.34. The molecule has 0 aliphatic heterocycles. The quantitative estimate of drug-likeness (QED) is 0.708. The summed E-state index contributed by atoms with van der Waals surface area (Å²) in [5.41, 5.74) is 1.86. The van der Waals surface area contributed by atoms with Gasteiger partial charge in [-0.3, -0.25) is 9.69 Å². The van der Waals surface area contributed by atoms with Crippen LogP contribution in [0.4, 0.5) is 5.69 Å². The zero-order chi connectivity index (χ0) is 17.1. The van der Waals surface area contributed by atoms with Gasteiger partial charge in [-0.15, -0.1) is 0 Å². The molecule has 24 heavy (non-hydrogen) atoms. The fourth-order valence-corrected chi connectivity index (χ4v) is 3.58. The van der Waals surface area contributed by atoms with Crippen molar-refractivity contribution in [3.8, 4) is 0 Å². The SMILES string of the molecule is CC(c1ccccc1Cl)N(CC(=O)Nc1ccccc1Br)C1CC1. The molecular weight excluding hydrogens is 388 g/mol. The molecule has 0 spiro atoms. The van der Waals surface area contributed by atoms with Crippen LogP contribution in [0.5, 0.6) is 0 Å². The number of anilines is 1. The number of rotatable bonds is 6. The van der Waals surface area contributed by atoms with E-state index < -0.39 is 0 Å². The van der Waals surface area contributed by atoms with Crippen LogP contribution in [-0.2, 0) is 4.79 Å². The molecule has 1 aliphatic rings. The van der Waals surface area contributed by atoms with Crippen LogP contribution in [0.1, 0.15) is 31.4 Å². The second-order valence-corrected chi connectivity index (χ2v) is 7.39. The Bertz CT molecular complexity index is 733. The number of para-hydroxylation sites is 1. The number of hydrogen-bond acceptors (Lipinski definition) is 2. The Labute approximate surface area is 156 Å². The van der Waals surface area contributed by atoms with Gasteiger partial charge in [-0.2, -0.15) is 0 Å². The van der Waals surface area contributed by atoms with Gasteiger partial charge < -0.3 is 5.32 Å². The highest BCUT2D eigenvalue weighted by atomic mass is 79.9. The van der Waals surface area contributed by atoms with Crippen molar-refractivity contribution in [3.63, 3.8) is 0 Å². The van der Waals surface area contributed by atoms with E-state index >= 15 is 0 Å². The molecule has 2 aromatic rings. The zero-order valence-corrected chi connectivity index (χ0v) is 15.8. The largest absolute Gasteiger partial charge is 0.324 e. The smallest absolute Gasteiger partial charge is 0.238 e. The van der Waals surface area contributed by atoms with Crippen LogP contribution in [-0.4, -0.2) is 23.4 Å². The van der Waals surface area contributed by atoms with Gasteiger partial charge >= 0.3 is 0 Å². The van der Waals surface area contributed by atoms with Gasteiger partial charge in [-0.25, -0.2) is 0 Å². The summed E-state index contributed by atoms with van der Waals surface area (Å²) in [6.07, 6.45) is 2.27. The summed E-state index contributed by atoms with van der Waals surface area (Å²) in [6.45, 7) is 2.48. The first-order chi connectivity index (χ1) is 11.6. The highest BCUT2D eigenvalue weighted by Crippen LogP contribution is 2.36. The van der Waals surface area contributed by atoms with Crippen molar-refractivity contribution in [1.82, 2.24) is 4.90 Å². The zero-order valence-electron chi connectivity index (χ0n) is 13.5. The standard InChI is InChI=1S/C19H20BrClN2O/c1-13(15-6-2-4-8-17(15)21)23(14-10-11-14)12-19(24)22-18-9-5-3-7-16(18)20/h2-9,13-14H,10-12H2,1H3,(H,22,24). The first kappa shape index (κ1) is 17.5. The van der Waals surface area contributed by atoms with Crippen LogP contribution in [0.15, 0.2) is 53.0 Å². The molecule has 1 N–H and O–H groups in total. The van der Waals surface area contributed by atoms with Crippen LogP contribution in [0.25, 0.3) is 0 Å². The molecular formula is C19H20BrClN2O. The summed E-state index contributed by atoms with van der Waals surface area (Å²) < 4.78 is 0.885. The summed E-state index contributed by atoms with van der Waals surface area (Å²) in [6, 6.07) is 16.1. The number of carbonyl (C=O) groups is 1. The molecule has 1 saturated carbocycles. The Hall–Kier alpha value is -1.36. The predicted molar refractivity (Wildman–Crippen MR) is 102 cm³/mol. The maximum atomic E-state index is 12.5. The van der Waals surface area contributed by atoms with Crippen LogP contribution in [0, 0.1) is 0 Å². The fourth-order valence-electron chi connectivity index (χ4n) is 2.90. The molecule has 0 heterocycles. The van der Waals surface area contributed by atoms with Gasteiger partial charge in [0.1, 0.15) is 0 Å². The molecule has 0 aromatic heterocycles. The van der Waals surface area contributed by atoms with Gasteiger partial charge in [0.25, 0.3) is 0 Å². The second-order valence-electron chi connectivity index (χ2n) is 6.13. The normalized spacial score (nSPS) is 15.3. The molecule has 2 aromatic carbocycles. The summed E-state index contributed by atoms with van der Waals surface area (Å²) in [5, 5.41) is 3.74. The number of nitrogens with zero attached hydrogens (tertiary/aromatic N) is 1. The van der Waals surface area contributed by atoms with E-state index in [-0.39, 0.29) is 11.9 Å². The molecule has 0 bridgehead atoms. The third-order valence-corrected chi connectivity index (χ3v) is 5.38. The summed E-state index contributed by atoms with van der Waals surface area (Å²) in [4.78, 5) is 14.8. The lowest BCUT2D eigenvalue weighted by molar-refractivity contribution is -0.118. The Morgan fingerprint density at radius 2 is 1.92 bits per heavy atom. The van der Waals surface area contributed by atoms with Crippen molar-refractivity contribution in [2.24, 2.45) is 0 Å². The predicted octanol–water partition coefficient (Wildman–Crippen LogP) is 5.27. The van der Waals surface area contributed by atoms with E-state index in [0.717, 1.165) is 33.6 Å². The second kappa shape index (κ2) is 7.68. The van der Waals surface area contributed by atoms with Crippen molar-refractivity contribution >= 4 is 39.1 Å². The summed E-state index contributed by atoms with van der Waals surface area (Å²) in [5.74, 6) is -0.00676. The maximum absolute atomic E-state index is 12.5. The lowest BCUT2D eigenvalue weighted by atomic mass is 10.1. The first-order valence-corrected chi connectivity index (χ1v) is 9.28.